The summed E-state index contributed by atoms with van der Waals surface area (Å²) in [5.41, 5.74) is 5.51. The molecule has 3 amide bonds. The molecule has 0 fully saturated rings. The lowest BCUT2D eigenvalue weighted by Crippen LogP contribution is -2.43. The Balaban J connectivity index is 1.74. The van der Waals surface area contributed by atoms with E-state index in [-0.39, 0.29) is 24.4 Å². The lowest BCUT2D eigenvalue weighted by Gasteiger charge is -2.09. The van der Waals surface area contributed by atoms with E-state index in [1.807, 2.05) is 19.1 Å². The molecule has 0 aliphatic heterocycles. The van der Waals surface area contributed by atoms with Crippen LogP contribution in [0, 0.1) is 12.7 Å². The molecule has 0 saturated carbocycles. The number of carbonyl (C=O) groups is 3. The maximum atomic E-state index is 13.4. The van der Waals surface area contributed by atoms with Crippen molar-refractivity contribution in [1.82, 2.24) is 16.2 Å². The number of rotatable bonds is 5. The van der Waals surface area contributed by atoms with Crippen LogP contribution in [0.1, 0.15) is 32.7 Å². The summed E-state index contributed by atoms with van der Waals surface area (Å²) in [5, 5.41) is 2.63. The van der Waals surface area contributed by atoms with E-state index >= 15 is 0 Å². The Bertz CT molecular complexity index is 793. The molecule has 0 radical (unpaired) electrons. The minimum atomic E-state index is -0.754. The molecular formula is C18H18FN3O3. The molecule has 2 aromatic rings. The predicted octanol–water partition coefficient (Wildman–Crippen LogP) is 1.72. The van der Waals surface area contributed by atoms with Crippen molar-refractivity contribution >= 4 is 17.7 Å². The van der Waals surface area contributed by atoms with Crippen LogP contribution in [0.3, 0.4) is 0 Å². The van der Waals surface area contributed by atoms with E-state index in [2.05, 4.69) is 16.2 Å². The number of benzene rings is 2. The lowest BCUT2D eigenvalue weighted by atomic mass is 10.1. The fourth-order valence-corrected chi connectivity index (χ4v) is 2.11. The van der Waals surface area contributed by atoms with Gasteiger partial charge in [-0.1, -0.05) is 30.3 Å². The smallest absolute Gasteiger partial charge is 0.272 e. The number of hydrazine groups is 1. The second-order valence-corrected chi connectivity index (χ2v) is 5.30. The van der Waals surface area contributed by atoms with Crippen molar-refractivity contribution < 1.29 is 18.8 Å². The number of halogens is 1. The lowest BCUT2D eigenvalue weighted by molar-refractivity contribution is -0.121. The molecule has 7 heteroatoms. The van der Waals surface area contributed by atoms with Crippen LogP contribution in [0.4, 0.5) is 4.39 Å². The van der Waals surface area contributed by atoms with Crippen molar-refractivity contribution in [2.24, 2.45) is 0 Å². The van der Waals surface area contributed by atoms with E-state index in [0.29, 0.717) is 5.56 Å². The monoisotopic (exact) mass is 343 g/mol. The summed E-state index contributed by atoms with van der Waals surface area (Å²) in [7, 11) is 0. The molecular weight excluding hydrogens is 325 g/mol. The Morgan fingerprint density at radius 1 is 0.880 bits per heavy atom. The fraction of sp³-hybridized carbons (Fsp3) is 0.167. The summed E-state index contributed by atoms with van der Waals surface area (Å²) < 4.78 is 13.4. The Morgan fingerprint density at radius 3 is 2.20 bits per heavy atom. The third-order valence-electron chi connectivity index (χ3n) is 3.46. The largest absolute Gasteiger partial charge is 0.352 e. The molecule has 0 heterocycles. The van der Waals surface area contributed by atoms with Gasteiger partial charge in [-0.25, -0.2) is 4.39 Å². The van der Waals surface area contributed by atoms with Crippen LogP contribution in [0.25, 0.3) is 0 Å². The molecule has 0 atom stereocenters. The van der Waals surface area contributed by atoms with Crippen LogP contribution < -0.4 is 16.2 Å². The zero-order chi connectivity index (χ0) is 18.2. The average molecular weight is 343 g/mol. The van der Waals surface area contributed by atoms with Gasteiger partial charge >= 0.3 is 0 Å². The van der Waals surface area contributed by atoms with E-state index in [1.54, 1.807) is 12.1 Å². The number of amides is 3. The van der Waals surface area contributed by atoms with Crippen LogP contribution in [0.15, 0.2) is 48.5 Å². The van der Waals surface area contributed by atoms with Gasteiger partial charge in [0.05, 0.1) is 5.56 Å². The second-order valence-electron chi connectivity index (χ2n) is 5.30. The summed E-state index contributed by atoms with van der Waals surface area (Å²) in [6.07, 6.45) is -0.0326. The van der Waals surface area contributed by atoms with E-state index in [4.69, 9.17) is 0 Å². The van der Waals surface area contributed by atoms with E-state index in [1.165, 1.54) is 18.2 Å². The summed E-state index contributed by atoms with van der Waals surface area (Å²) in [6.45, 7) is 1.93. The van der Waals surface area contributed by atoms with E-state index < -0.39 is 17.6 Å². The third-order valence-corrected chi connectivity index (χ3v) is 3.46. The highest BCUT2D eigenvalue weighted by molar-refractivity contribution is 5.96. The van der Waals surface area contributed by atoms with Crippen molar-refractivity contribution in [2.45, 2.75) is 13.3 Å². The van der Waals surface area contributed by atoms with Crippen LogP contribution in [0.2, 0.25) is 0 Å². The normalized spacial score (nSPS) is 10.0. The highest BCUT2D eigenvalue weighted by Gasteiger charge is 2.12. The number of hydrogen-bond acceptors (Lipinski definition) is 3. The first-order valence-corrected chi connectivity index (χ1v) is 7.66. The highest BCUT2D eigenvalue weighted by Crippen LogP contribution is 2.06. The van der Waals surface area contributed by atoms with Crippen LogP contribution >= 0.6 is 0 Å². The number of carbonyl (C=O) groups excluding carboxylic acids is 3. The van der Waals surface area contributed by atoms with Gasteiger partial charge in [-0.2, -0.15) is 0 Å². The van der Waals surface area contributed by atoms with Crippen molar-refractivity contribution in [3.8, 4) is 0 Å². The number of aryl methyl sites for hydroxylation is 1. The van der Waals surface area contributed by atoms with Crippen LogP contribution in [0.5, 0.6) is 0 Å². The quantitative estimate of drug-likeness (QED) is 0.723. The molecule has 0 unspecified atom stereocenters. The van der Waals surface area contributed by atoms with Crippen molar-refractivity contribution in [2.75, 3.05) is 6.54 Å². The van der Waals surface area contributed by atoms with Gasteiger partial charge in [0.1, 0.15) is 5.82 Å². The minimum absolute atomic E-state index is 0.0326. The first-order chi connectivity index (χ1) is 12.0. The van der Waals surface area contributed by atoms with Gasteiger partial charge in [0.2, 0.25) is 5.91 Å². The van der Waals surface area contributed by atoms with Crippen molar-refractivity contribution in [3.05, 3.63) is 71.0 Å². The number of nitrogens with one attached hydrogen (secondary N) is 3. The maximum Gasteiger partial charge on any atom is 0.272 e. The Morgan fingerprint density at radius 2 is 1.52 bits per heavy atom. The van der Waals surface area contributed by atoms with Crippen LogP contribution in [-0.4, -0.2) is 24.3 Å². The molecule has 6 nitrogen and oxygen atoms in total. The fourth-order valence-electron chi connectivity index (χ4n) is 2.11. The Kier molecular flexibility index (Phi) is 6.22. The van der Waals surface area contributed by atoms with Gasteiger partial charge in [-0.15, -0.1) is 0 Å². The summed E-state index contributed by atoms with van der Waals surface area (Å²) >= 11 is 0. The first-order valence-electron chi connectivity index (χ1n) is 7.66. The summed E-state index contributed by atoms with van der Waals surface area (Å²) in [6, 6.07) is 12.5. The molecule has 2 rings (SSSR count). The topological polar surface area (TPSA) is 87.3 Å². The van der Waals surface area contributed by atoms with Gasteiger partial charge in [0.15, 0.2) is 0 Å². The van der Waals surface area contributed by atoms with Crippen molar-refractivity contribution in [3.63, 3.8) is 0 Å². The SMILES string of the molecule is Cc1ccccc1C(=O)NCCC(=O)NNC(=O)c1ccccc1F. The molecule has 3 N–H and O–H groups in total. The predicted molar refractivity (Wildman–Crippen MR) is 90.1 cm³/mol. The molecule has 0 aliphatic carbocycles. The molecule has 0 aliphatic rings. The highest BCUT2D eigenvalue weighted by atomic mass is 19.1. The standard InChI is InChI=1S/C18H18FN3O3/c1-12-6-2-3-7-13(12)17(24)20-11-10-16(23)21-22-18(25)14-8-4-5-9-15(14)19/h2-9H,10-11H2,1H3,(H,20,24)(H,21,23)(H,22,25). The van der Waals surface area contributed by atoms with Gasteiger partial charge in [-0.3, -0.25) is 25.2 Å². The second kappa shape index (κ2) is 8.58. The van der Waals surface area contributed by atoms with Gasteiger partial charge in [-0.05, 0) is 30.7 Å². The molecule has 0 saturated heterocycles. The average Bonchev–Trinajstić information content (AvgIpc) is 2.60. The van der Waals surface area contributed by atoms with Gasteiger partial charge in [0.25, 0.3) is 11.8 Å². The van der Waals surface area contributed by atoms with Crippen molar-refractivity contribution in [1.29, 1.82) is 0 Å². The number of hydrogen-bond donors (Lipinski definition) is 3. The maximum absolute atomic E-state index is 13.4. The third kappa shape index (κ3) is 5.13. The molecule has 130 valence electrons. The molecule has 0 bridgehead atoms. The minimum Gasteiger partial charge on any atom is -0.352 e. The molecule has 0 aromatic heterocycles. The van der Waals surface area contributed by atoms with Gasteiger partial charge < -0.3 is 5.32 Å². The Hall–Kier alpha value is -3.22. The first kappa shape index (κ1) is 18.1. The molecule has 25 heavy (non-hydrogen) atoms. The molecule has 2 aromatic carbocycles. The summed E-state index contributed by atoms with van der Waals surface area (Å²) in [4.78, 5) is 35.4. The summed E-state index contributed by atoms with van der Waals surface area (Å²) in [5.74, 6) is -2.22. The zero-order valence-electron chi connectivity index (χ0n) is 13.6. The Labute approximate surface area is 144 Å². The molecule has 0 spiro atoms. The zero-order valence-corrected chi connectivity index (χ0v) is 13.6. The van der Waals surface area contributed by atoms with Crippen LogP contribution in [-0.2, 0) is 4.79 Å². The van der Waals surface area contributed by atoms with E-state index in [0.717, 1.165) is 11.6 Å². The van der Waals surface area contributed by atoms with Gasteiger partial charge in [0, 0.05) is 18.5 Å². The van der Waals surface area contributed by atoms with E-state index in [9.17, 15) is 18.8 Å².